The van der Waals surface area contributed by atoms with Gasteiger partial charge >= 0.3 is 12.2 Å². The third kappa shape index (κ3) is 1.65. The summed E-state index contributed by atoms with van der Waals surface area (Å²) in [4.78, 5) is 27.3. The van der Waals surface area contributed by atoms with Crippen LogP contribution in [-0.4, -0.2) is 28.9 Å². The van der Waals surface area contributed by atoms with Crippen LogP contribution in [-0.2, 0) is 11.0 Å². The number of rotatable bonds is 1. The van der Waals surface area contributed by atoms with Gasteiger partial charge in [-0.25, -0.2) is 9.69 Å². The summed E-state index contributed by atoms with van der Waals surface area (Å²) in [6.45, 7) is 0. The summed E-state index contributed by atoms with van der Waals surface area (Å²) in [5.41, 5.74) is -0.905. The summed E-state index contributed by atoms with van der Waals surface area (Å²) in [5.74, 6) is -0.474. The average molecular weight is 308 g/mol. The topological polar surface area (TPSA) is 40.6 Å². The van der Waals surface area contributed by atoms with Crippen LogP contribution >= 0.6 is 0 Å². The lowest BCUT2D eigenvalue weighted by Gasteiger charge is -2.22. The van der Waals surface area contributed by atoms with E-state index in [0.717, 1.165) is 23.5 Å². The Balaban J connectivity index is 1.73. The van der Waals surface area contributed by atoms with Crippen LogP contribution in [0.2, 0.25) is 0 Å². The smallest absolute Gasteiger partial charge is 0.305 e. The van der Waals surface area contributed by atoms with Crippen molar-refractivity contribution < 1.29 is 22.8 Å². The lowest BCUT2D eigenvalue weighted by Crippen LogP contribution is -2.38. The molecule has 22 heavy (non-hydrogen) atoms. The summed E-state index contributed by atoms with van der Waals surface area (Å²) >= 11 is 0. The molecule has 1 aliphatic carbocycles. The summed E-state index contributed by atoms with van der Waals surface area (Å²) < 4.78 is 38.4. The van der Waals surface area contributed by atoms with Crippen LogP contribution < -0.4 is 4.90 Å². The molecule has 0 spiro atoms. The molecule has 3 atom stereocenters. The number of hydrogen-bond donors (Lipinski definition) is 0. The maximum atomic E-state index is 12.8. The van der Waals surface area contributed by atoms with Crippen LogP contribution in [0.4, 0.5) is 23.7 Å². The monoisotopic (exact) mass is 308 g/mol. The number of halogens is 3. The molecule has 2 heterocycles. The predicted octanol–water partition coefficient (Wildman–Crippen LogP) is 2.80. The number of urea groups is 1. The quantitative estimate of drug-likeness (QED) is 0.591. The SMILES string of the molecule is O=C1[C@@H]2C3C=CC(C3)N2C(=O)N1c1cccc(C(F)(F)F)c1. The van der Waals surface area contributed by atoms with E-state index in [1.165, 1.54) is 17.0 Å². The minimum Gasteiger partial charge on any atom is -0.305 e. The molecule has 0 saturated carbocycles. The van der Waals surface area contributed by atoms with Crippen molar-refractivity contribution in [3.8, 4) is 0 Å². The first kappa shape index (κ1) is 13.4. The van der Waals surface area contributed by atoms with E-state index in [-0.39, 0.29) is 17.6 Å². The van der Waals surface area contributed by atoms with Crippen molar-refractivity contribution in [1.82, 2.24) is 4.90 Å². The van der Waals surface area contributed by atoms with Gasteiger partial charge in [0.1, 0.15) is 6.04 Å². The second-order valence-electron chi connectivity index (χ2n) is 5.71. The third-order valence-electron chi connectivity index (χ3n) is 4.47. The summed E-state index contributed by atoms with van der Waals surface area (Å²) in [6.07, 6.45) is -0.00815. The Hall–Kier alpha value is -2.31. The molecule has 0 radical (unpaired) electrons. The van der Waals surface area contributed by atoms with Crippen LogP contribution in [0.25, 0.3) is 0 Å². The highest BCUT2D eigenvalue weighted by atomic mass is 19.4. The molecule has 2 aliphatic heterocycles. The molecular weight excluding hydrogens is 297 g/mol. The van der Waals surface area contributed by atoms with Gasteiger partial charge in [0.15, 0.2) is 0 Å². The maximum Gasteiger partial charge on any atom is 0.416 e. The number of anilines is 1. The van der Waals surface area contributed by atoms with E-state index in [4.69, 9.17) is 0 Å². The number of amides is 3. The molecule has 2 unspecified atom stereocenters. The van der Waals surface area contributed by atoms with Gasteiger partial charge in [0.2, 0.25) is 0 Å². The molecule has 1 aromatic rings. The first-order chi connectivity index (χ1) is 10.4. The number of fused-ring (bicyclic) bond motifs is 5. The molecular formula is C15H11F3N2O2. The van der Waals surface area contributed by atoms with E-state index in [2.05, 4.69) is 0 Å². The van der Waals surface area contributed by atoms with E-state index in [0.29, 0.717) is 0 Å². The zero-order chi connectivity index (χ0) is 15.6. The van der Waals surface area contributed by atoms with Gasteiger partial charge in [-0.05, 0) is 24.6 Å². The van der Waals surface area contributed by atoms with Crippen molar-refractivity contribution in [3.63, 3.8) is 0 Å². The van der Waals surface area contributed by atoms with Crippen molar-refractivity contribution in [2.24, 2.45) is 5.92 Å². The fraction of sp³-hybridized carbons (Fsp3) is 0.333. The van der Waals surface area contributed by atoms with Gasteiger partial charge < -0.3 is 4.90 Å². The van der Waals surface area contributed by atoms with Crippen LogP contribution in [0.3, 0.4) is 0 Å². The molecule has 4 rings (SSSR count). The van der Waals surface area contributed by atoms with Crippen LogP contribution in [0.1, 0.15) is 12.0 Å². The highest BCUT2D eigenvalue weighted by molar-refractivity contribution is 6.22. The zero-order valence-electron chi connectivity index (χ0n) is 11.2. The fourth-order valence-electron chi connectivity index (χ4n) is 3.52. The molecule has 2 bridgehead atoms. The maximum absolute atomic E-state index is 12.8. The van der Waals surface area contributed by atoms with Gasteiger partial charge in [-0.1, -0.05) is 18.2 Å². The predicted molar refractivity (Wildman–Crippen MR) is 71.0 cm³/mol. The van der Waals surface area contributed by atoms with Crippen LogP contribution in [0.5, 0.6) is 0 Å². The minimum atomic E-state index is -4.52. The highest BCUT2D eigenvalue weighted by Crippen LogP contribution is 2.43. The summed E-state index contributed by atoms with van der Waals surface area (Å²) in [5, 5.41) is 0. The first-order valence-corrected chi connectivity index (χ1v) is 6.90. The van der Waals surface area contributed by atoms with E-state index >= 15 is 0 Å². The molecule has 0 aromatic heterocycles. The van der Waals surface area contributed by atoms with E-state index in [1.54, 1.807) is 0 Å². The first-order valence-electron chi connectivity index (χ1n) is 6.90. The highest BCUT2D eigenvalue weighted by Gasteiger charge is 2.57. The Labute approximate surface area is 123 Å². The largest absolute Gasteiger partial charge is 0.416 e. The average Bonchev–Trinajstić information content (AvgIpc) is 3.12. The second-order valence-corrected chi connectivity index (χ2v) is 5.71. The van der Waals surface area contributed by atoms with Crippen LogP contribution in [0, 0.1) is 5.92 Å². The zero-order valence-corrected chi connectivity index (χ0v) is 11.2. The molecule has 3 amide bonds. The van der Waals surface area contributed by atoms with Gasteiger partial charge in [0.05, 0.1) is 17.3 Å². The van der Waals surface area contributed by atoms with Gasteiger partial charge in [-0.15, -0.1) is 0 Å². The molecule has 114 valence electrons. The lowest BCUT2D eigenvalue weighted by molar-refractivity contribution is -0.137. The molecule has 2 fully saturated rings. The Kier molecular flexibility index (Phi) is 2.50. The Bertz CT molecular complexity index is 683. The lowest BCUT2D eigenvalue weighted by atomic mass is 10.0. The molecule has 7 heteroatoms. The normalized spacial score (nSPS) is 29.7. The number of carbonyl (C=O) groups excluding carboxylic acids is 2. The Morgan fingerprint density at radius 3 is 2.59 bits per heavy atom. The van der Waals surface area contributed by atoms with E-state index < -0.39 is 29.7 Å². The van der Waals surface area contributed by atoms with Crippen molar-refractivity contribution in [2.45, 2.75) is 24.7 Å². The fourth-order valence-corrected chi connectivity index (χ4v) is 3.52. The van der Waals surface area contributed by atoms with Crippen molar-refractivity contribution in [3.05, 3.63) is 42.0 Å². The number of benzene rings is 1. The summed E-state index contributed by atoms with van der Waals surface area (Å²) in [6, 6.07) is 3.08. The number of imide groups is 1. The number of nitrogens with zero attached hydrogens (tertiary/aromatic N) is 2. The number of hydrogen-bond acceptors (Lipinski definition) is 2. The molecule has 0 N–H and O–H groups in total. The number of alkyl halides is 3. The molecule has 1 aromatic carbocycles. The Morgan fingerprint density at radius 2 is 1.91 bits per heavy atom. The number of carbonyl (C=O) groups is 2. The van der Waals surface area contributed by atoms with Gasteiger partial charge in [-0.3, -0.25) is 4.79 Å². The second kappa shape index (κ2) is 4.12. The van der Waals surface area contributed by atoms with Gasteiger partial charge in [0.25, 0.3) is 5.91 Å². The molecule has 4 nitrogen and oxygen atoms in total. The van der Waals surface area contributed by atoms with Crippen LogP contribution in [0.15, 0.2) is 36.4 Å². The van der Waals surface area contributed by atoms with Crippen molar-refractivity contribution >= 4 is 17.6 Å². The van der Waals surface area contributed by atoms with Gasteiger partial charge in [0, 0.05) is 5.92 Å². The van der Waals surface area contributed by atoms with Crippen molar-refractivity contribution in [1.29, 1.82) is 0 Å². The van der Waals surface area contributed by atoms with E-state index in [1.807, 2.05) is 12.2 Å². The van der Waals surface area contributed by atoms with Crippen molar-refractivity contribution in [2.75, 3.05) is 4.90 Å². The molecule has 3 aliphatic rings. The van der Waals surface area contributed by atoms with E-state index in [9.17, 15) is 22.8 Å². The Morgan fingerprint density at radius 1 is 1.14 bits per heavy atom. The van der Waals surface area contributed by atoms with Gasteiger partial charge in [-0.2, -0.15) is 13.2 Å². The standard InChI is InChI=1S/C15H11F3N2O2/c16-15(17,18)9-2-1-3-10(7-9)20-13(21)12-8-4-5-11(6-8)19(12)14(20)22/h1-5,7-8,11-12H,6H2/t8?,11?,12-/m0/s1. The summed E-state index contributed by atoms with van der Waals surface area (Å²) in [7, 11) is 0. The molecule has 2 saturated heterocycles. The third-order valence-corrected chi connectivity index (χ3v) is 4.47. The minimum absolute atomic E-state index is 0.0291.